The van der Waals surface area contributed by atoms with Crippen LogP contribution in [0.15, 0.2) is 53.4 Å². The van der Waals surface area contributed by atoms with E-state index < -0.39 is 10.0 Å². The van der Waals surface area contributed by atoms with E-state index in [4.69, 9.17) is 21.1 Å². The van der Waals surface area contributed by atoms with Gasteiger partial charge in [0.15, 0.2) is 5.78 Å². The summed E-state index contributed by atoms with van der Waals surface area (Å²) in [5.41, 5.74) is 1.48. The number of carbonyl (C=O) groups is 1. The quantitative estimate of drug-likeness (QED) is 0.494. The summed E-state index contributed by atoms with van der Waals surface area (Å²) >= 11 is 6.08. The number of sulfonamides is 1. The van der Waals surface area contributed by atoms with Crippen molar-refractivity contribution in [3.8, 4) is 0 Å². The molecular weight excluding hydrogens is 502 g/mol. The molecule has 0 saturated carbocycles. The van der Waals surface area contributed by atoms with Crippen molar-refractivity contribution < 1.29 is 22.7 Å². The molecule has 0 aliphatic carbocycles. The van der Waals surface area contributed by atoms with Crippen molar-refractivity contribution in [3.05, 3.63) is 64.7 Å². The largest absolute Gasteiger partial charge is 0.379 e. The van der Waals surface area contributed by atoms with Gasteiger partial charge in [0.05, 0.1) is 36.9 Å². The second kappa shape index (κ2) is 12.1. The number of hydrogen-bond donors (Lipinski definition) is 1. The van der Waals surface area contributed by atoms with E-state index in [2.05, 4.69) is 10.2 Å². The van der Waals surface area contributed by atoms with E-state index in [1.54, 1.807) is 18.2 Å². The third kappa shape index (κ3) is 6.72. The number of benzene rings is 2. The third-order valence-corrected chi connectivity index (χ3v) is 8.62. The van der Waals surface area contributed by atoms with Crippen molar-refractivity contribution in [2.24, 2.45) is 0 Å². The van der Waals surface area contributed by atoms with Crippen LogP contribution >= 0.6 is 11.6 Å². The molecule has 8 nitrogen and oxygen atoms in total. The molecular formula is C26H34ClN3O5S. The molecule has 0 amide bonds. The zero-order valence-electron chi connectivity index (χ0n) is 20.7. The molecule has 36 heavy (non-hydrogen) atoms. The molecule has 1 N–H and O–H groups in total. The predicted molar refractivity (Wildman–Crippen MR) is 139 cm³/mol. The van der Waals surface area contributed by atoms with Crippen molar-refractivity contribution >= 4 is 27.4 Å². The number of morpholine rings is 2. The maximum Gasteiger partial charge on any atom is 0.243 e. The molecule has 3 atom stereocenters. The summed E-state index contributed by atoms with van der Waals surface area (Å²) in [6.07, 6.45) is -0.366. The second-order valence-electron chi connectivity index (χ2n) is 9.38. The highest BCUT2D eigenvalue weighted by atomic mass is 35.5. The summed E-state index contributed by atoms with van der Waals surface area (Å²) in [5.74, 6) is -0.160. The Morgan fingerprint density at radius 2 is 1.75 bits per heavy atom. The van der Waals surface area contributed by atoms with Crippen LogP contribution in [0.1, 0.15) is 35.8 Å². The maximum atomic E-state index is 13.2. The highest BCUT2D eigenvalue weighted by Crippen LogP contribution is 2.24. The molecule has 2 saturated heterocycles. The van der Waals surface area contributed by atoms with Crippen molar-refractivity contribution in [1.29, 1.82) is 0 Å². The number of halogens is 1. The highest BCUT2D eigenvalue weighted by Gasteiger charge is 2.32. The van der Waals surface area contributed by atoms with E-state index in [0.29, 0.717) is 43.4 Å². The molecule has 2 heterocycles. The lowest BCUT2D eigenvalue weighted by atomic mass is 10.0. The Kier molecular flexibility index (Phi) is 9.16. The lowest BCUT2D eigenvalue weighted by molar-refractivity contribution is -0.0440. The Labute approximate surface area is 218 Å². The van der Waals surface area contributed by atoms with Crippen molar-refractivity contribution in [3.63, 3.8) is 0 Å². The van der Waals surface area contributed by atoms with E-state index in [0.717, 1.165) is 18.7 Å². The van der Waals surface area contributed by atoms with Crippen molar-refractivity contribution in [2.45, 2.75) is 37.0 Å². The van der Waals surface area contributed by atoms with Crippen LogP contribution in [0, 0.1) is 0 Å². The fourth-order valence-corrected chi connectivity index (χ4v) is 6.53. The number of carbonyl (C=O) groups excluding carboxylic acids is 1. The molecule has 0 aromatic heterocycles. The molecule has 3 unspecified atom stereocenters. The van der Waals surface area contributed by atoms with E-state index in [9.17, 15) is 13.2 Å². The number of ether oxygens (including phenoxy) is 2. The van der Waals surface area contributed by atoms with Crippen LogP contribution in [0.2, 0.25) is 5.02 Å². The van der Waals surface area contributed by atoms with Gasteiger partial charge in [-0.05, 0) is 43.7 Å². The van der Waals surface area contributed by atoms with E-state index in [1.807, 2.05) is 38.1 Å². The molecule has 196 valence electrons. The number of nitrogens with zero attached hydrogens (tertiary/aromatic N) is 2. The fourth-order valence-electron chi connectivity index (χ4n) is 4.76. The minimum absolute atomic E-state index is 0.0657. The summed E-state index contributed by atoms with van der Waals surface area (Å²) in [5, 5.41) is 3.97. The fraction of sp³-hybridized carbons (Fsp3) is 0.500. The topological polar surface area (TPSA) is 88.2 Å². The molecule has 10 heteroatoms. The molecule has 2 aromatic carbocycles. The molecule has 2 aliphatic rings. The van der Waals surface area contributed by atoms with Crippen LogP contribution in [-0.2, 0) is 19.5 Å². The Morgan fingerprint density at radius 3 is 2.42 bits per heavy atom. The second-order valence-corrected chi connectivity index (χ2v) is 11.8. The highest BCUT2D eigenvalue weighted by molar-refractivity contribution is 7.89. The normalized spacial score (nSPS) is 22.9. The van der Waals surface area contributed by atoms with Gasteiger partial charge in [-0.15, -0.1) is 0 Å². The van der Waals surface area contributed by atoms with Gasteiger partial charge in [0.1, 0.15) is 0 Å². The van der Waals surface area contributed by atoms with Gasteiger partial charge in [0.25, 0.3) is 0 Å². The van der Waals surface area contributed by atoms with Crippen LogP contribution in [0.5, 0.6) is 0 Å². The Hall–Kier alpha value is -1.85. The van der Waals surface area contributed by atoms with Crippen LogP contribution in [-0.4, -0.2) is 88.1 Å². The summed E-state index contributed by atoms with van der Waals surface area (Å²) in [6, 6.07) is 14.1. The van der Waals surface area contributed by atoms with E-state index in [1.165, 1.54) is 10.4 Å². The number of nitrogens with one attached hydrogen (secondary N) is 1. The lowest BCUT2D eigenvalue weighted by Gasteiger charge is -2.35. The Balaban J connectivity index is 1.42. The molecule has 4 rings (SSSR count). The van der Waals surface area contributed by atoms with Gasteiger partial charge in [0.2, 0.25) is 10.0 Å². The number of ketones is 1. The summed E-state index contributed by atoms with van der Waals surface area (Å²) in [6.45, 7) is 7.92. The third-order valence-electron chi connectivity index (χ3n) is 6.54. The summed E-state index contributed by atoms with van der Waals surface area (Å²) in [7, 11) is -3.72. The van der Waals surface area contributed by atoms with Gasteiger partial charge < -0.3 is 14.8 Å². The molecule has 0 spiro atoms. The van der Waals surface area contributed by atoms with Gasteiger partial charge in [-0.1, -0.05) is 35.9 Å². The number of rotatable bonds is 9. The standard InChI is InChI=1S/C26H34ClN3O5S/c1-19-17-30(18-20(2)35-19)36(32,33)24-5-3-4-22(14-24)26(31)16-28-15-25(29-10-12-34-13-11-29)21-6-8-23(27)9-7-21/h3-9,14,19-20,25,28H,10-13,15-18H2,1-2H3. The minimum Gasteiger partial charge on any atom is -0.379 e. The van der Waals surface area contributed by atoms with Gasteiger partial charge in [-0.3, -0.25) is 9.69 Å². The Bertz CT molecular complexity index is 1130. The maximum absolute atomic E-state index is 13.2. The van der Waals surface area contributed by atoms with Crippen LogP contribution in [0.4, 0.5) is 0 Å². The number of hydrogen-bond acceptors (Lipinski definition) is 7. The zero-order valence-corrected chi connectivity index (χ0v) is 22.3. The van der Waals surface area contributed by atoms with Crippen LogP contribution in [0.3, 0.4) is 0 Å². The van der Waals surface area contributed by atoms with Gasteiger partial charge >= 0.3 is 0 Å². The first-order valence-electron chi connectivity index (χ1n) is 12.3. The molecule has 2 fully saturated rings. The van der Waals surface area contributed by atoms with Gasteiger partial charge in [-0.2, -0.15) is 4.31 Å². The average molecular weight is 536 g/mol. The molecule has 0 radical (unpaired) electrons. The summed E-state index contributed by atoms with van der Waals surface area (Å²) in [4.78, 5) is 15.5. The first-order valence-corrected chi connectivity index (χ1v) is 14.1. The first kappa shape index (κ1) is 27.2. The van der Waals surface area contributed by atoms with Crippen molar-refractivity contribution in [1.82, 2.24) is 14.5 Å². The zero-order chi connectivity index (χ0) is 25.7. The lowest BCUT2D eigenvalue weighted by Crippen LogP contribution is -2.48. The van der Waals surface area contributed by atoms with Crippen LogP contribution < -0.4 is 5.32 Å². The van der Waals surface area contributed by atoms with E-state index in [-0.39, 0.29) is 35.5 Å². The minimum atomic E-state index is -3.72. The summed E-state index contributed by atoms with van der Waals surface area (Å²) < 4.78 is 39.1. The molecule has 0 bridgehead atoms. The van der Waals surface area contributed by atoms with E-state index >= 15 is 0 Å². The SMILES string of the molecule is CC1CN(S(=O)(=O)c2cccc(C(=O)CNCC(c3ccc(Cl)cc3)N3CCOCC3)c2)CC(C)O1. The first-order chi connectivity index (χ1) is 17.2. The molecule has 2 aliphatic heterocycles. The predicted octanol–water partition coefficient (Wildman–Crippen LogP) is 2.98. The average Bonchev–Trinajstić information content (AvgIpc) is 2.87. The Morgan fingerprint density at radius 1 is 1.08 bits per heavy atom. The smallest absolute Gasteiger partial charge is 0.243 e. The monoisotopic (exact) mass is 535 g/mol. The van der Waals surface area contributed by atoms with Crippen molar-refractivity contribution in [2.75, 3.05) is 52.5 Å². The number of Topliss-reactive ketones (excluding diaryl/α,β-unsaturated/α-hetero) is 1. The van der Waals surface area contributed by atoms with Crippen LogP contribution in [0.25, 0.3) is 0 Å². The van der Waals surface area contributed by atoms with Gasteiger partial charge in [-0.25, -0.2) is 8.42 Å². The van der Waals surface area contributed by atoms with Gasteiger partial charge in [0, 0.05) is 49.4 Å². The molecule has 2 aromatic rings.